The van der Waals surface area contributed by atoms with Crippen molar-refractivity contribution in [2.24, 2.45) is 5.10 Å². The summed E-state index contributed by atoms with van der Waals surface area (Å²) in [5, 5.41) is 10.4. The van der Waals surface area contributed by atoms with Gasteiger partial charge in [-0.2, -0.15) is 10.2 Å². The molecule has 4 aromatic rings. The lowest BCUT2D eigenvalue weighted by Gasteiger charge is -2.22. The van der Waals surface area contributed by atoms with Crippen molar-refractivity contribution in [2.75, 3.05) is 0 Å². The molecule has 0 saturated heterocycles. The van der Waals surface area contributed by atoms with Crippen molar-refractivity contribution in [3.8, 4) is 11.3 Å². The Morgan fingerprint density at radius 2 is 1.63 bits per heavy atom. The molecule has 0 radical (unpaired) electrons. The summed E-state index contributed by atoms with van der Waals surface area (Å²) in [5.74, 6) is -0.738. The summed E-state index contributed by atoms with van der Waals surface area (Å²) in [6, 6.07) is 25.8. The van der Waals surface area contributed by atoms with E-state index in [4.69, 9.17) is 0 Å². The van der Waals surface area contributed by atoms with Gasteiger partial charge >= 0.3 is 0 Å². The Morgan fingerprint density at radius 3 is 2.34 bits per heavy atom. The second kappa shape index (κ2) is 9.76. The maximum atomic E-state index is 13.6. The summed E-state index contributed by atoms with van der Waals surface area (Å²) in [4.78, 5) is 25.9. The predicted molar refractivity (Wildman–Crippen MR) is 135 cm³/mol. The minimum atomic E-state index is -0.422. The number of hydrogen-bond acceptors (Lipinski definition) is 4. The molecule has 0 fully saturated rings. The van der Waals surface area contributed by atoms with Crippen LogP contribution in [0.15, 0.2) is 105 Å². The van der Waals surface area contributed by atoms with E-state index in [0.29, 0.717) is 12.1 Å². The molecule has 0 saturated carbocycles. The number of carbonyl (C=O) groups is 1. The molecule has 3 aromatic carbocycles. The van der Waals surface area contributed by atoms with E-state index in [1.54, 1.807) is 18.2 Å². The minimum Gasteiger partial charge on any atom is -0.271 e. The Labute approximate surface area is 209 Å². The quantitative estimate of drug-likeness (QED) is 0.356. The van der Waals surface area contributed by atoms with Crippen molar-refractivity contribution in [1.29, 1.82) is 0 Å². The molecule has 1 atom stereocenters. The third-order valence-electron chi connectivity index (χ3n) is 5.82. The number of halogens is 2. The average Bonchev–Trinajstić information content (AvgIpc) is 3.32. The second-order valence-electron chi connectivity index (χ2n) is 8.14. The number of hydrogen-bond donors (Lipinski definition) is 0. The van der Waals surface area contributed by atoms with Crippen LogP contribution in [0, 0.1) is 5.82 Å². The number of benzene rings is 3. The molecule has 174 valence electrons. The Balaban J connectivity index is 1.47. The summed E-state index contributed by atoms with van der Waals surface area (Å²) in [5.41, 5.74) is 3.43. The molecule has 0 N–H and O–H groups in total. The number of nitrogens with zero attached hydrogens (tertiary/aromatic N) is 4. The fourth-order valence-corrected chi connectivity index (χ4v) is 4.29. The largest absolute Gasteiger partial charge is 0.271 e. The van der Waals surface area contributed by atoms with Gasteiger partial charge in [0.05, 0.1) is 17.4 Å². The van der Waals surface area contributed by atoms with Crippen molar-refractivity contribution >= 4 is 27.5 Å². The SMILES string of the molecule is O=C(Cn1nc(-c2ccccc2)ccc1=O)N1N=C(c2ccc(Br)cc2)CC1c1ccc(F)cc1. The van der Waals surface area contributed by atoms with Crippen LogP contribution in [0.1, 0.15) is 23.6 Å². The van der Waals surface area contributed by atoms with Gasteiger partial charge in [-0.25, -0.2) is 14.1 Å². The molecule has 8 heteroatoms. The predicted octanol–water partition coefficient (Wildman–Crippen LogP) is 5.19. The van der Waals surface area contributed by atoms with E-state index in [0.717, 1.165) is 31.6 Å². The first-order valence-corrected chi connectivity index (χ1v) is 11.8. The van der Waals surface area contributed by atoms with Gasteiger partial charge in [0.15, 0.2) is 0 Å². The van der Waals surface area contributed by atoms with Gasteiger partial charge in [-0.3, -0.25) is 9.59 Å². The lowest BCUT2D eigenvalue weighted by molar-refractivity contribution is -0.133. The van der Waals surface area contributed by atoms with Crippen molar-refractivity contribution < 1.29 is 9.18 Å². The molecule has 1 unspecified atom stereocenters. The lowest BCUT2D eigenvalue weighted by atomic mass is 9.98. The maximum absolute atomic E-state index is 13.6. The topological polar surface area (TPSA) is 67.6 Å². The van der Waals surface area contributed by atoms with Gasteiger partial charge in [-0.1, -0.05) is 70.5 Å². The zero-order valence-electron chi connectivity index (χ0n) is 18.5. The molecule has 1 aliphatic rings. The summed E-state index contributed by atoms with van der Waals surface area (Å²) < 4.78 is 15.6. The normalized spacial score (nSPS) is 15.2. The summed E-state index contributed by atoms with van der Waals surface area (Å²) in [7, 11) is 0. The second-order valence-corrected chi connectivity index (χ2v) is 9.06. The monoisotopic (exact) mass is 530 g/mol. The van der Waals surface area contributed by atoms with Crippen LogP contribution in [-0.2, 0) is 11.3 Å². The molecular formula is C27H20BrFN4O2. The molecule has 6 nitrogen and oxygen atoms in total. The number of aromatic nitrogens is 2. The highest BCUT2D eigenvalue weighted by atomic mass is 79.9. The Hall–Kier alpha value is -3.91. The Morgan fingerprint density at radius 1 is 0.914 bits per heavy atom. The molecule has 1 aromatic heterocycles. The molecular weight excluding hydrogens is 511 g/mol. The first-order chi connectivity index (χ1) is 17.0. The highest BCUT2D eigenvalue weighted by Crippen LogP contribution is 2.33. The van der Waals surface area contributed by atoms with E-state index >= 15 is 0 Å². The van der Waals surface area contributed by atoms with Crippen molar-refractivity contribution in [1.82, 2.24) is 14.8 Å². The van der Waals surface area contributed by atoms with Crippen LogP contribution in [-0.4, -0.2) is 26.4 Å². The Bertz CT molecular complexity index is 1450. The lowest BCUT2D eigenvalue weighted by Crippen LogP contribution is -2.34. The van der Waals surface area contributed by atoms with Crippen molar-refractivity contribution in [3.05, 3.63) is 123 Å². The van der Waals surface area contributed by atoms with E-state index in [1.165, 1.54) is 23.2 Å². The molecule has 1 amide bonds. The molecule has 5 rings (SSSR count). The molecule has 0 aliphatic carbocycles. The van der Waals surface area contributed by atoms with Crippen LogP contribution >= 0.6 is 15.9 Å². The summed E-state index contributed by atoms with van der Waals surface area (Å²) in [6.07, 6.45) is 0.464. The van der Waals surface area contributed by atoms with Crippen LogP contribution < -0.4 is 5.56 Å². The third kappa shape index (κ3) is 4.97. The first kappa shape index (κ1) is 22.9. The van der Waals surface area contributed by atoms with Gasteiger partial charge < -0.3 is 0 Å². The van der Waals surface area contributed by atoms with Gasteiger partial charge in [-0.05, 0) is 41.5 Å². The van der Waals surface area contributed by atoms with E-state index in [1.807, 2.05) is 54.6 Å². The zero-order chi connectivity index (χ0) is 24.4. The van der Waals surface area contributed by atoms with Crippen LogP contribution in [0.4, 0.5) is 4.39 Å². The van der Waals surface area contributed by atoms with Crippen LogP contribution in [0.2, 0.25) is 0 Å². The number of hydrazone groups is 1. The third-order valence-corrected chi connectivity index (χ3v) is 6.35. The van der Waals surface area contributed by atoms with Crippen LogP contribution in [0.5, 0.6) is 0 Å². The number of carbonyl (C=O) groups excluding carboxylic acids is 1. The van der Waals surface area contributed by atoms with Crippen molar-refractivity contribution in [3.63, 3.8) is 0 Å². The highest BCUT2D eigenvalue weighted by molar-refractivity contribution is 9.10. The van der Waals surface area contributed by atoms with Crippen LogP contribution in [0.25, 0.3) is 11.3 Å². The average molecular weight is 531 g/mol. The molecule has 1 aliphatic heterocycles. The first-order valence-electron chi connectivity index (χ1n) is 11.0. The summed E-state index contributed by atoms with van der Waals surface area (Å²) in [6.45, 7) is -0.270. The van der Waals surface area contributed by atoms with Gasteiger partial charge in [0.2, 0.25) is 0 Å². The molecule has 0 bridgehead atoms. The van der Waals surface area contributed by atoms with Gasteiger partial charge in [0.25, 0.3) is 11.5 Å². The maximum Gasteiger partial charge on any atom is 0.267 e. The van der Waals surface area contributed by atoms with E-state index in [9.17, 15) is 14.0 Å². The van der Waals surface area contributed by atoms with Gasteiger partial charge in [-0.15, -0.1) is 0 Å². The summed E-state index contributed by atoms with van der Waals surface area (Å²) >= 11 is 3.43. The molecule has 35 heavy (non-hydrogen) atoms. The highest BCUT2D eigenvalue weighted by Gasteiger charge is 2.33. The van der Waals surface area contributed by atoms with Crippen LogP contribution in [0.3, 0.4) is 0 Å². The fraction of sp³-hybridized carbons (Fsp3) is 0.111. The minimum absolute atomic E-state index is 0.270. The van der Waals surface area contributed by atoms with E-state index in [-0.39, 0.29) is 23.8 Å². The van der Waals surface area contributed by atoms with Gasteiger partial charge in [0.1, 0.15) is 12.4 Å². The van der Waals surface area contributed by atoms with Gasteiger partial charge in [0, 0.05) is 22.5 Å². The standard InChI is InChI=1S/C27H20BrFN4O2/c28-21-10-6-19(7-11-21)24-16-25(20-8-12-22(29)13-9-20)33(31-24)27(35)17-32-26(34)15-14-23(30-32)18-4-2-1-3-5-18/h1-15,25H,16-17H2. The van der Waals surface area contributed by atoms with Crippen molar-refractivity contribution in [2.45, 2.75) is 19.0 Å². The zero-order valence-corrected chi connectivity index (χ0v) is 20.1. The Kier molecular flexibility index (Phi) is 6.37. The molecule has 0 spiro atoms. The number of rotatable bonds is 5. The molecule has 2 heterocycles. The fourth-order valence-electron chi connectivity index (χ4n) is 4.03. The number of amides is 1. The van der Waals surface area contributed by atoms with E-state index < -0.39 is 6.04 Å². The van der Waals surface area contributed by atoms with E-state index in [2.05, 4.69) is 26.1 Å². The smallest absolute Gasteiger partial charge is 0.267 e.